The summed E-state index contributed by atoms with van der Waals surface area (Å²) in [7, 11) is 0. The van der Waals surface area contributed by atoms with Crippen LogP contribution in [0.2, 0.25) is 0 Å². The molecule has 3 nitrogen and oxygen atoms in total. The molecule has 1 saturated heterocycles. The molecule has 1 fully saturated rings. The molecule has 0 N–H and O–H groups in total. The molecular weight excluding hydrogens is 214 g/mol. The average Bonchev–Trinajstić information content (AvgIpc) is 2.11. The minimum absolute atomic E-state index is 0.0194. The molecule has 1 heterocycles. The van der Waals surface area contributed by atoms with Crippen molar-refractivity contribution in [2.75, 3.05) is 0 Å². The van der Waals surface area contributed by atoms with Crippen molar-refractivity contribution in [1.82, 2.24) is 5.06 Å². The fraction of sp³-hybridized carbons (Fsp3) is 0.929. The van der Waals surface area contributed by atoms with Gasteiger partial charge in [0.25, 0.3) is 0 Å². The lowest BCUT2D eigenvalue weighted by Crippen LogP contribution is -2.61. The first-order chi connectivity index (χ1) is 7.49. The molecule has 0 aromatic rings. The Bertz CT molecular complexity index is 289. The van der Waals surface area contributed by atoms with Crippen LogP contribution in [0.1, 0.15) is 67.7 Å². The molecule has 17 heavy (non-hydrogen) atoms. The van der Waals surface area contributed by atoms with E-state index >= 15 is 0 Å². The largest absolute Gasteiger partial charge is 0.297 e. The highest BCUT2D eigenvalue weighted by molar-refractivity contribution is 5.83. The highest BCUT2D eigenvalue weighted by Gasteiger charge is 2.45. The number of piperidine rings is 1. The molecule has 0 bridgehead atoms. The second-order valence-electron chi connectivity index (χ2n) is 6.93. The van der Waals surface area contributed by atoms with Gasteiger partial charge in [-0.15, -0.1) is 0 Å². The summed E-state index contributed by atoms with van der Waals surface area (Å²) in [6.45, 7) is 14.0. The Morgan fingerprint density at radius 2 is 1.53 bits per heavy atom. The van der Waals surface area contributed by atoms with Gasteiger partial charge >= 0.3 is 0 Å². The molecule has 1 rings (SSSR count). The van der Waals surface area contributed by atoms with Crippen LogP contribution < -0.4 is 0 Å². The lowest BCUT2D eigenvalue weighted by Gasteiger charge is -2.53. The highest BCUT2D eigenvalue weighted by atomic mass is 16.7. The van der Waals surface area contributed by atoms with Crippen LogP contribution in [-0.4, -0.2) is 27.5 Å². The average molecular weight is 241 g/mol. The summed E-state index contributed by atoms with van der Waals surface area (Å²) in [6.07, 6.45) is 3.41. The summed E-state index contributed by atoms with van der Waals surface area (Å²) in [4.78, 5) is 17.7. The van der Waals surface area contributed by atoms with Crippen LogP contribution in [0.25, 0.3) is 0 Å². The third-order valence-electron chi connectivity index (χ3n) is 3.84. The smallest absolute Gasteiger partial charge is 0.163 e. The van der Waals surface area contributed by atoms with Crippen molar-refractivity contribution in [1.29, 1.82) is 0 Å². The summed E-state index contributed by atoms with van der Waals surface area (Å²) < 4.78 is 0. The van der Waals surface area contributed by atoms with Crippen LogP contribution in [0.15, 0.2) is 0 Å². The molecule has 0 unspecified atom stereocenters. The molecule has 0 amide bonds. The Labute approximate surface area is 105 Å². The van der Waals surface area contributed by atoms with Crippen molar-refractivity contribution in [3.63, 3.8) is 0 Å². The first-order valence-electron chi connectivity index (χ1n) is 6.50. The summed E-state index contributed by atoms with van der Waals surface area (Å²) in [5, 5.41) is 2.05. The monoisotopic (exact) mass is 241 g/mol. The summed E-state index contributed by atoms with van der Waals surface area (Å²) in [5.74, 6) is 0.0645. The number of carbonyl (C=O) groups is 1. The van der Waals surface area contributed by atoms with Crippen molar-refractivity contribution in [2.24, 2.45) is 0 Å². The fourth-order valence-corrected chi connectivity index (χ4v) is 2.52. The van der Waals surface area contributed by atoms with Gasteiger partial charge in [0.15, 0.2) is 5.78 Å². The van der Waals surface area contributed by atoms with Crippen LogP contribution >= 0.6 is 0 Å². The number of hydrogen-bond acceptors (Lipinski definition) is 3. The number of hydroxylamine groups is 2. The Kier molecular flexibility index (Phi) is 3.76. The van der Waals surface area contributed by atoms with Crippen LogP contribution in [0.4, 0.5) is 0 Å². The molecule has 0 aromatic carbocycles. The zero-order valence-corrected chi connectivity index (χ0v) is 12.4. The Morgan fingerprint density at radius 1 is 1.12 bits per heavy atom. The van der Waals surface area contributed by atoms with Gasteiger partial charge in [0.2, 0.25) is 0 Å². The SMILES string of the molecule is CC(=O)C(C)(C)ON1C(C)(C)CCCC1(C)C. The normalized spacial score (nSPS) is 24.6. The van der Waals surface area contributed by atoms with Crippen molar-refractivity contribution >= 4 is 5.78 Å². The van der Waals surface area contributed by atoms with Gasteiger partial charge in [0, 0.05) is 11.1 Å². The van der Waals surface area contributed by atoms with E-state index < -0.39 is 5.60 Å². The fourth-order valence-electron chi connectivity index (χ4n) is 2.52. The molecule has 0 radical (unpaired) electrons. The van der Waals surface area contributed by atoms with Crippen molar-refractivity contribution in [2.45, 2.75) is 84.4 Å². The van der Waals surface area contributed by atoms with Gasteiger partial charge in [-0.2, -0.15) is 5.06 Å². The molecule has 0 saturated carbocycles. The number of nitrogens with zero attached hydrogens (tertiary/aromatic N) is 1. The van der Waals surface area contributed by atoms with Gasteiger partial charge in [0.05, 0.1) is 0 Å². The quantitative estimate of drug-likeness (QED) is 0.759. The van der Waals surface area contributed by atoms with Crippen LogP contribution in [0.5, 0.6) is 0 Å². The maximum atomic E-state index is 11.6. The van der Waals surface area contributed by atoms with Crippen molar-refractivity contribution < 1.29 is 9.63 Å². The van der Waals surface area contributed by atoms with Gasteiger partial charge in [-0.05, 0) is 67.7 Å². The molecule has 100 valence electrons. The van der Waals surface area contributed by atoms with Gasteiger partial charge in [-0.3, -0.25) is 9.63 Å². The first-order valence-corrected chi connectivity index (χ1v) is 6.50. The van der Waals surface area contributed by atoms with Crippen LogP contribution in [0, 0.1) is 0 Å². The number of ketones is 1. The minimum Gasteiger partial charge on any atom is -0.297 e. The maximum Gasteiger partial charge on any atom is 0.163 e. The van der Waals surface area contributed by atoms with Gasteiger partial charge in [-0.1, -0.05) is 0 Å². The standard InChI is InChI=1S/C14H27NO2/c1-11(16)14(6,7)17-15-12(2,3)9-8-10-13(15,4)5/h8-10H2,1-7H3. The molecule has 1 aliphatic rings. The Hall–Kier alpha value is -0.410. The second-order valence-corrected chi connectivity index (χ2v) is 6.93. The van der Waals surface area contributed by atoms with Crippen molar-refractivity contribution in [3.05, 3.63) is 0 Å². The number of hydrogen-bond donors (Lipinski definition) is 0. The third-order valence-corrected chi connectivity index (χ3v) is 3.84. The maximum absolute atomic E-state index is 11.6. The number of rotatable bonds is 3. The van der Waals surface area contributed by atoms with E-state index in [0.717, 1.165) is 12.8 Å². The lowest BCUT2D eigenvalue weighted by molar-refractivity contribution is -0.319. The summed E-state index contributed by atoms with van der Waals surface area (Å²) in [5.41, 5.74) is -0.783. The second kappa shape index (κ2) is 4.36. The third kappa shape index (κ3) is 3.08. The van der Waals surface area contributed by atoms with E-state index in [9.17, 15) is 4.79 Å². The van der Waals surface area contributed by atoms with Crippen LogP contribution in [0.3, 0.4) is 0 Å². The number of Topliss-reactive ketones (excluding diaryl/α,β-unsaturated/α-hetero) is 1. The van der Waals surface area contributed by atoms with Gasteiger partial charge in [-0.25, -0.2) is 0 Å². The predicted molar refractivity (Wildman–Crippen MR) is 69.7 cm³/mol. The van der Waals surface area contributed by atoms with E-state index in [1.165, 1.54) is 6.42 Å². The van der Waals surface area contributed by atoms with E-state index in [1.807, 2.05) is 18.9 Å². The molecule has 3 heteroatoms. The van der Waals surface area contributed by atoms with E-state index in [2.05, 4.69) is 27.7 Å². The zero-order valence-electron chi connectivity index (χ0n) is 12.4. The predicted octanol–water partition coefficient (Wildman–Crippen LogP) is 3.33. The van der Waals surface area contributed by atoms with Gasteiger partial charge in [0.1, 0.15) is 5.60 Å². The topological polar surface area (TPSA) is 29.5 Å². The molecule has 0 aliphatic carbocycles. The zero-order chi connectivity index (χ0) is 13.5. The molecular formula is C14H27NO2. The Morgan fingerprint density at radius 3 is 1.88 bits per heavy atom. The van der Waals surface area contributed by atoms with E-state index in [0.29, 0.717) is 0 Å². The number of carbonyl (C=O) groups excluding carboxylic acids is 1. The van der Waals surface area contributed by atoms with Crippen molar-refractivity contribution in [3.8, 4) is 0 Å². The van der Waals surface area contributed by atoms with E-state index in [1.54, 1.807) is 6.92 Å². The lowest BCUT2D eigenvalue weighted by atomic mass is 9.82. The van der Waals surface area contributed by atoms with E-state index in [4.69, 9.17) is 4.84 Å². The van der Waals surface area contributed by atoms with E-state index in [-0.39, 0.29) is 16.9 Å². The highest BCUT2D eigenvalue weighted by Crippen LogP contribution is 2.40. The summed E-state index contributed by atoms with van der Waals surface area (Å²) >= 11 is 0. The molecule has 0 spiro atoms. The van der Waals surface area contributed by atoms with Gasteiger partial charge < -0.3 is 0 Å². The Balaban J connectivity index is 2.95. The van der Waals surface area contributed by atoms with Crippen LogP contribution in [-0.2, 0) is 9.63 Å². The summed E-state index contributed by atoms with van der Waals surface area (Å²) in [6, 6.07) is 0. The molecule has 0 aromatic heterocycles. The minimum atomic E-state index is -0.744. The molecule has 1 aliphatic heterocycles. The first kappa shape index (κ1) is 14.7. The molecule has 0 atom stereocenters.